The number of aromatic nitrogens is 1. The lowest BCUT2D eigenvalue weighted by Gasteiger charge is -2.18. The molecule has 2 aromatic rings. The Kier molecular flexibility index (Phi) is 5.25. The van der Waals surface area contributed by atoms with Gasteiger partial charge in [-0.25, -0.2) is 9.82 Å². The number of aryl methyl sites for hydroxylation is 1. The number of nitrogens with one attached hydrogen (secondary N) is 1. The van der Waals surface area contributed by atoms with Crippen LogP contribution in [0.15, 0.2) is 36.7 Å². The molecule has 1 aromatic carbocycles. The maximum absolute atomic E-state index is 14.1. The van der Waals surface area contributed by atoms with Crippen LogP contribution in [0.4, 0.5) is 4.39 Å². The lowest BCUT2D eigenvalue weighted by Crippen LogP contribution is -2.29. The Hall–Kier alpha value is -1.98. The molecule has 1 heterocycles. The summed E-state index contributed by atoms with van der Waals surface area (Å²) in [6.45, 7) is 4.49. The third-order valence-electron chi connectivity index (χ3n) is 3.17. The predicted octanol–water partition coefficient (Wildman–Crippen LogP) is 2.87. The van der Waals surface area contributed by atoms with Crippen LogP contribution in [0.2, 0.25) is 0 Å². The molecule has 0 amide bonds. The van der Waals surface area contributed by atoms with E-state index in [-0.39, 0.29) is 5.82 Å². The summed E-state index contributed by atoms with van der Waals surface area (Å²) in [4.78, 5) is 4.14. The second-order valence-corrected chi connectivity index (χ2v) is 4.93. The van der Waals surface area contributed by atoms with E-state index in [0.717, 1.165) is 17.5 Å². The number of hydrogen-bond acceptors (Lipinski definition) is 4. The molecule has 0 aliphatic rings. The minimum Gasteiger partial charge on any atom is -0.492 e. The van der Waals surface area contributed by atoms with Crippen molar-refractivity contribution >= 4 is 0 Å². The van der Waals surface area contributed by atoms with Gasteiger partial charge in [-0.15, -0.1) is 0 Å². The number of pyridine rings is 1. The first kappa shape index (κ1) is 15.4. The molecule has 3 N–H and O–H groups in total. The van der Waals surface area contributed by atoms with E-state index in [4.69, 9.17) is 10.6 Å². The molecular formula is C16H20FN3O. The number of halogens is 1. The highest BCUT2D eigenvalue weighted by molar-refractivity contribution is 5.36. The zero-order valence-corrected chi connectivity index (χ0v) is 12.3. The van der Waals surface area contributed by atoms with E-state index >= 15 is 0 Å². The molecule has 1 aromatic heterocycles. The van der Waals surface area contributed by atoms with Crippen LogP contribution in [-0.2, 0) is 0 Å². The van der Waals surface area contributed by atoms with Crippen molar-refractivity contribution in [1.82, 2.24) is 10.4 Å². The van der Waals surface area contributed by atoms with Crippen LogP contribution < -0.4 is 16.0 Å². The van der Waals surface area contributed by atoms with Gasteiger partial charge >= 0.3 is 0 Å². The maximum atomic E-state index is 14.1. The van der Waals surface area contributed by atoms with Gasteiger partial charge in [0.1, 0.15) is 11.6 Å². The summed E-state index contributed by atoms with van der Waals surface area (Å²) in [5.41, 5.74) is 4.75. The zero-order valence-electron chi connectivity index (χ0n) is 12.3. The highest BCUT2D eigenvalue weighted by Gasteiger charge is 2.17. The molecule has 0 fully saturated rings. The van der Waals surface area contributed by atoms with Gasteiger partial charge in [0.15, 0.2) is 0 Å². The molecule has 0 radical (unpaired) electrons. The summed E-state index contributed by atoms with van der Waals surface area (Å²) >= 11 is 0. The molecule has 0 aliphatic heterocycles. The first-order chi connectivity index (χ1) is 10.2. The monoisotopic (exact) mass is 289 g/mol. The van der Waals surface area contributed by atoms with Crippen molar-refractivity contribution in [3.63, 3.8) is 0 Å². The normalized spacial score (nSPS) is 12.2. The summed E-state index contributed by atoms with van der Waals surface area (Å²) in [7, 11) is 0. The fourth-order valence-corrected chi connectivity index (χ4v) is 2.12. The number of benzene rings is 1. The summed E-state index contributed by atoms with van der Waals surface area (Å²) in [6.07, 6.45) is 4.20. The van der Waals surface area contributed by atoms with Crippen LogP contribution in [0.25, 0.3) is 0 Å². The van der Waals surface area contributed by atoms with Gasteiger partial charge in [0.25, 0.3) is 0 Å². The van der Waals surface area contributed by atoms with Crippen molar-refractivity contribution in [3.8, 4) is 5.75 Å². The number of hydrogen-bond donors (Lipinski definition) is 2. The molecule has 0 spiro atoms. The topological polar surface area (TPSA) is 60.2 Å². The quantitative estimate of drug-likeness (QED) is 0.634. The van der Waals surface area contributed by atoms with Crippen LogP contribution in [0.3, 0.4) is 0 Å². The third-order valence-corrected chi connectivity index (χ3v) is 3.17. The lowest BCUT2D eigenvalue weighted by atomic mass is 9.99. The highest BCUT2D eigenvalue weighted by Crippen LogP contribution is 2.26. The number of nitrogens with two attached hydrogens (primary N) is 1. The zero-order chi connectivity index (χ0) is 15.2. The molecule has 1 unspecified atom stereocenters. The first-order valence-electron chi connectivity index (χ1n) is 6.95. The van der Waals surface area contributed by atoms with Crippen LogP contribution >= 0.6 is 0 Å². The van der Waals surface area contributed by atoms with Crippen molar-refractivity contribution in [2.75, 3.05) is 6.61 Å². The van der Waals surface area contributed by atoms with Gasteiger partial charge in [0.05, 0.1) is 18.8 Å². The minimum atomic E-state index is -0.469. The summed E-state index contributed by atoms with van der Waals surface area (Å²) < 4.78 is 19.7. The van der Waals surface area contributed by atoms with Crippen molar-refractivity contribution < 1.29 is 9.13 Å². The molecule has 112 valence electrons. The summed E-state index contributed by atoms with van der Waals surface area (Å²) in [6, 6.07) is 6.43. The second kappa shape index (κ2) is 7.15. The van der Waals surface area contributed by atoms with E-state index < -0.39 is 6.04 Å². The van der Waals surface area contributed by atoms with Gasteiger partial charge < -0.3 is 4.74 Å². The lowest BCUT2D eigenvalue weighted by molar-refractivity contribution is 0.315. The average molecular weight is 289 g/mol. The van der Waals surface area contributed by atoms with E-state index in [9.17, 15) is 4.39 Å². The fourth-order valence-electron chi connectivity index (χ4n) is 2.12. The Bertz CT molecular complexity index is 604. The van der Waals surface area contributed by atoms with Gasteiger partial charge in [0, 0.05) is 11.8 Å². The number of rotatable bonds is 6. The van der Waals surface area contributed by atoms with E-state index in [1.807, 2.05) is 26.0 Å². The Labute approximate surface area is 124 Å². The highest BCUT2D eigenvalue weighted by atomic mass is 19.1. The maximum Gasteiger partial charge on any atom is 0.137 e. The van der Waals surface area contributed by atoms with Gasteiger partial charge in [0.2, 0.25) is 0 Å². The smallest absolute Gasteiger partial charge is 0.137 e. The molecule has 0 saturated heterocycles. The minimum absolute atomic E-state index is 0.294. The molecule has 0 bridgehead atoms. The van der Waals surface area contributed by atoms with E-state index in [0.29, 0.717) is 17.9 Å². The molecule has 4 nitrogen and oxygen atoms in total. The Morgan fingerprint density at radius 2 is 2.14 bits per heavy atom. The number of nitrogens with zero attached hydrogens (tertiary/aromatic N) is 1. The first-order valence-corrected chi connectivity index (χ1v) is 6.95. The Morgan fingerprint density at radius 1 is 1.33 bits per heavy atom. The third kappa shape index (κ3) is 3.77. The van der Waals surface area contributed by atoms with Gasteiger partial charge in [-0.05, 0) is 36.6 Å². The molecular weight excluding hydrogens is 269 g/mol. The Balaban J connectivity index is 2.32. The largest absolute Gasteiger partial charge is 0.492 e. The molecule has 2 rings (SSSR count). The van der Waals surface area contributed by atoms with Crippen molar-refractivity contribution in [2.24, 2.45) is 5.84 Å². The van der Waals surface area contributed by atoms with Crippen LogP contribution in [0.1, 0.15) is 36.1 Å². The average Bonchev–Trinajstić information content (AvgIpc) is 2.48. The SMILES string of the molecule is CCCOc1cncc(C(NN)c2ccc(C)cc2F)c1. The molecule has 0 saturated carbocycles. The standard InChI is InChI=1S/C16H20FN3O/c1-3-6-21-13-8-12(9-19-10-13)16(20-18)14-5-4-11(2)7-15(14)17/h4-5,7-10,16,20H,3,6,18H2,1-2H3. The summed E-state index contributed by atoms with van der Waals surface area (Å²) in [5, 5.41) is 0. The van der Waals surface area contributed by atoms with Gasteiger partial charge in [-0.3, -0.25) is 10.8 Å². The van der Waals surface area contributed by atoms with Crippen molar-refractivity contribution in [3.05, 3.63) is 59.2 Å². The predicted molar refractivity (Wildman–Crippen MR) is 80.3 cm³/mol. The van der Waals surface area contributed by atoms with Crippen LogP contribution in [0, 0.1) is 12.7 Å². The molecule has 5 heteroatoms. The van der Waals surface area contributed by atoms with Crippen LogP contribution in [0.5, 0.6) is 5.75 Å². The second-order valence-electron chi connectivity index (χ2n) is 4.93. The Morgan fingerprint density at radius 3 is 2.81 bits per heavy atom. The number of ether oxygens (including phenoxy) is 1. The van der Waals surface area contributed by atoms with Gasteiger partial charge in [-0.2, -0.15) is 0 Å². The molecule has 21 heavy (non-hydrogen) atoms. The van der Waals surface area contributed by atoms with Crippen LogP contribution in [-0.4, -0.2) is 11.6 Å². The van der Waals surface area contributed by atoms with Crippen molar-refractivity contribution in [2.45, 2.75) is 26.3 Å². The number of hydrazine groups is 1. The van der Waals surface area contributed by atoms with E-state index in [1.165, 1.54) is 6.07 Å². The molecule has 0 aliphatic carbocycles. The fraction of sp³-hybridized carbons (Fsp3) is 0.312. The van der Waals surface area contributed by atoms with E-state index in [1.54, 1.807) is 18.5 Å². The summed E-state index contributed by atoms with van der Waals surface area (Å²) in [5.74, 6) is 5.97. The van der Waals surface area contributed by atoms with E-state index in [2.05, 4.69) is 10.4 Å². The van der Waals surface area contributed by atoms with Gasteiger partial charge in [-0.1, -0.05) is 19.1 Å². The molecule has 1 atom stereocenters. The van der Waals surface area contributed by atoms with Crippen molar-refractivity contribution in [1.29, 1.82) is 0 Å².